The average molecular weight is 291 g/mol. The Hall–Kier alpha value is -3.01. The van der Waals surface area contributed by atoms with Crippen molar-refractivity contribution in [1.29, 1.82) is 0 Å². The van der Waals surface area contributed by atoms with Crippen molar-refractivity contribution in [2.24, 2.45) is 0 Å². The van der Waals surface area contributed by atoms with Gasteiger partial charge in [0.25, 0.3) is 5.91 Å². The molecule has 1 aliphatic heterocycles. The van der Waals surface area contributed by atoms with Crippen molar-refractivity contribution >= 4 is 28.7 Å². The Morgan fingerprint density at radius 2 is 1.55 bits per heavy atom. The second kappa shape index (κ2) is 5.41. The number of nitrogens with one attached hydrogen (secondary N) is 1. The van der Waals surface area contributed by atoms with Crippen LogP contribution in [0.3, 0.4) is 0 Å². The Labute approximate surface area is 127 Å². The van der Waals surface area contributed by atoms with Gasteiger partial charge in [-0.15, -0.1) is 0 Å². The standard InChI is InChI=1S/C18H13NO3/c1-11(20)15(17(21)12-7-3-2-4-8-12)16-13-9-5-6-10-14(13)19-18(16)22/h2-10H,1H3,(H,19,22)/b16-15+. The zero-order valence-corrected chi connectivity index (χ0v) is 11.9. The van der Waals surface area contributed by atoms with Crippen LogP contribution < -0.4 is 5.32 Å². The number of rotatable bonds is 3. The molecule has 2 aromatic carbocycles. The molecule has 1 amide bonds. The van der Waals surface area contributed by atoms with Gasteiger partial charge in [0.15, 0.2) is 11.6 Å². The van der Waals surface area contributed by atoms with Crippen LogP contribution in [0.15, 0.2) is 60.2 Å². The number of benzene rings is 2. The molecule has 0 unspecified atom stereocenters. The summed E-state index contributed by atoms with van der Waals surface area (Å²) in [6, 6.07) is 15.5. The fourth-order valence-corrected chi connectivity index (χ4v) is 2.55. The molecular formula is C18H13NO3. The maximum atomic E-state index is 12.7. The minimum Gasteiger partial charge on any atom is -0.321 e. The third kappa shape index (κ3) is 2.24. The summed E-state index contributed by atoms with van der Waals surface area (Å²) < 4.78 is 0. The molecule has 0 atom stereocenters. The highest BCUT2D eigenvalue weighted by molar-refractivity contribution is 6.43. The number of hydrogen-bond donors (Lipinski definition) is 1. The molecule has 108 valence electrons. The lowest BCUT2D eigenvalue weighted by atomic mass is 9.92. The fraction of sp³-hybridized carbons (Fsp3) is 0.0556. The van der Waals surface area contributed by atoms with Crippen LogP contribution in [0.25, 0.3) is 5.57 Å². The first-order valence-corrected chi connectivity index (χ1v) is 6.85. The van der Waals surface area contributed by atoms with Crippen molar-refractivity contribution in [3.63, 3.8) is 0 Å². The molecule has 0 saturated carbocycles. The normalized spacial score (nSPS) is 15.0. The van der Waals surface area contributed by atoms with E-state index in [1.54, 1.807) is 54.6 Å². The van der Waals surface area contributed by atoms with Crippen LogP contribution in [-0.4, -0.2) is 17.5 Å². The van der Waals surface area contributed by atoms with Crippen molar-refractivity contribution < 1.29 is 14.4 Å². The van der Waals surface area contributed by atoms with Crippen LogP contribution >= 0.6 is 0 Å². The van der Waals surface area contributed by atoms with Crippen molar-refractivity contribution in [1.82, 2.24) is 0 Å². The fourth-order valence-electron chi connectivity index (χ4n) is 2.55. The number of anilines is 1. The van der Waals surface area contributed by atoms with Gasteiger partial charge in [-0.2, -0.15) is 0 Å². The third-order valence-corrected chi connectivity index (χ3v) is 3.54. The average Bonchev–Trinajstić information content (AvgIpc) is 2.84. The van der Waals surface area contributed by atoms with E-state index in [-0.39, 0.29) is 11.1 Å². The first-order valence-electron chi connectivity index (χ1n) is 6.85. The smallest absolute Gasteiger partial charge is 0.257 e. The highest BCUT2D eigenvalue weighted by Crippen LogP contribution is 2.34. The largest absolute Gasteiger partial charge is 0.321 e. The Balaban J connectivity index is 2.22. The molecule has 1 N–H and O–H groups in total. The van der Waals surface area contributed by atoms with Gasteiger partial charge in [0.05, 0.1) is 11.1 Å². The number of fused-ring (bicyclic) bond motifs is 1. The maximum absolute atomic E-state index is 12.7. The van der Waals surface area contributed by atoms with Crippen LogP contribution in [0.1, 0.15) is 22.8 Å². The quantitative estimate of drug-likeness (QED) is 0.409. The molecule has 4 heteroatoms. The van der Waals surface area contributed by atoms with E-state index in [0.29, 0.717) is 16.8 Å². The minimum atomic E-state index is -0.435. The molecule has 22 heavy (non-hydrogen) atoms. The summed E-state index contributed by atoms with van der Waals surface area (Å²) in [6.07, 6.45) is 0. The SMILES string of the molecule is CC(=O)/C(C(=O)c1ccccc1)=C1\C(=O)Nc2ccccc21. The van der Waals surface area contributed by atoms with Crippen molar-refractivity contribution in [2.75, 3.05) is 5.32 Å². The molecule has 2 aromatic rings. The molecule has 0 saturated heterocycles. The lowest BCUT2D eigenvalue weighted by Gasteiger charge is -2.07. The molecule has 1 heterocycles. The van der Waals surface area contributed by atoms with Gasteiger partial charge in [0.2, 0.25) is 0 Å². The Morgan fingerprint density at radius 1 is 0.909 bits per heavy atom. The topological polar surface area (TPSA) is 63.2 Å². The Bertz CT molecular complexity index is 819. The lowest BCUT2D eigenvalue weighted by molar-refractivity contribution is -0.114. The van der Waals surface area contributed by atoms with Gasteiger partial charge in [-0.1, -0.05) is 48.5 Å². The molecule has 0 aliphatic carbocycles. The summed E-state index contributed by atoms with van der Waals surface area (Å²) in [5.41, 5.74) is 1.66. The van der Waals surface area contributed by atoms with E-state index in [0.717, 1.165) is 0 Å². The van der Waals surface area contributed by atoms with Crippen LogP contribution in [0.2, 0.25) is 0 Å². The van der Waals surface area contributed by atoms with E-state index in [9.17, 15) is 14.4 Å². The predicted molar refractivity (Wildman–Crippen MR) is 83.4 cm³/mol. The monoisotopic (exact) mass is 291 g/mol. The summed E-state index contributed by atoms with van der Waals surface area (Å²) in [5.74, 6) is -1.28. The van der Waals surface area contributed by atoms with Crippen LogP contribution in [0.5, 0.6) is 0 Å². The van der Waals surface area contributed by atoms with E-state index in [2.05, 4.69) is 5.32 Å². The van der Waals surface area contributed by atoms with Crippen molar-refractivity contribution in [2.45, 2.75) is 6.92 Å². The molecular weight excluding hydrogens is 278 g/mol. The highest BCUT2D eigenvalue weighted by atomic mass is 16.2. The summed E-state index contributed by atoms with van der Waals surface area (Å²) >= 11 is 0. The maximum Gasteiger partial charge on any atom is 0.257 e. The lowest BCUT2D eigenvalue weighted by Crippen LogP contribution is -2.16. The van der Waals surface area contributed by atoms with Gasteiger partial charge < -0.3 is 5.32 Å². The van der Waals surface area contributed by atoms with Crippen molar-refractivity contribution in [3.05, 3.63) is 71.3 Å². The zero-order valence-electron chi connectivity index (χ0n) is 11.9. The number of carbonyl (C=O) groups excluding carboxylic acids is 3. The van der Waals surface area contributed by atoms with E-state index < -0.39 is 17.5 Å². The number of hydrogen-bond acceptors (Lipinski definition) is 3. The number of para-hydroxylation sites is 1. The molecule has 0 spiro atoms. The summed E-state index contributed by atoms with van der Waals surface area (Å²) in [7, 11) is 0. The summed E-state index contributed by atoms with van der Waals surface area (Å²) in [5, 5.41) is 2.69. The second-order valence-corrected chi connectivity index (χ2v) is 5.00. The molecule has 0 bridgehead atoms. The van der Waals surface area contributed by atoms with Crippen LogP contribution in [0.4, 0.5) is 5.69 Å². The number of carbonyl (C=O) groups is 3. The van der Waals surface area contributed by atoms with E-state index in [1.807, 2.05) is 0 Å². The first-order chi connectivity index (χ1) is 10.6. The Kier molecular flexibility index (Phi) is 3.43. The number of Topliss-reactive ketones (excluding diaryl/α,β-unsaturated/α-hetero) is 2. The highest BCUT2D eigenvalue weighted by Gasteiger charge is 2.32. The first kappa shape index (κ1) is 13.9. The molecule has 0 fully saturated rings. The van der Waals surface area contributed by atoms with Gasteiger partial charge >= 0.3 is 0 Å². The third-order valence-electron chi connectivity index (χ3n) is 3.54. The number of allylic oxidation sites excluding steroid dienone is 1. The van der Waals surface area contributed by atoms with Gasteiger partial charge in [-0.3, -0.25) is 14.4 Å². The van der Waals surface area contributed by atoms with Gasteiger partial charge in [0.1, 0.15) is 0 Å². The molecule has 0 aromatic heterocycles. The van der Waals surface area contributed by atoms with E-state index in [4.69, 9.17) is 0 Å². The zero-order chi connectivity index (χ0) is 15.7. The van der Waals surface area contributed by atoms with Crippen molar-refractivity contribution in [3.8, 4) is 0 Å². The number of amides is 1. The summed E-state index contributed by atoms with van der Waals surface area (Å²) in [6.45, 7) is 1.30. The van der Waals surface area contributed by atoms with Crippen LogP contribution in [-0.2, 0) is 9.59 Å². The van der Waals surface area contributed by atoms with Gasteiger partial charge in [-0.05, 0) is 13.0 Å². The number of ketones is 2. The predicted octanol–water partition coefficient (Wildman–Crippen LogP) is 2.86. The minimum absolute atomic E-state index is 0.0753. The Morgan fingerprint density at radius 3 is 2.23 bits per heavy atom. The molecule has 4 nitrogen and oxygen atoms in total. The van der Waals surface area contributed by atoms with Gasteiger partial charge in [0, 0.05) is 16.8 Å². The molecule has 1 aliphatic rings. The van der Waals surface area contributed by atoms with E-state index >= 15 is 0 Å². The summed E-state index contributed by atoms with van der Waals surface area (Å²) in [4.78, 5) is 37.0. The van der Waals surface area contributed by atoms with Crippen LogP contribution in [0, 0.1) is 0 Å². The van der Waals surface area contributed by atoms with E-state index in [1.165, 1.54) is 6.92 Å². The second-order valence-electron chi connectivity index (χ2n) is 5.00. The van der Waals surface area contributed by atoms with Gasteiger partial charge in [-0.25, -0.2) is 0 Å². The molecule has 3 rings (SSSR count). The molecule has 0 radical (unpaired) electrons.